The Bertz CT molecular complexity index is 998. The smallest absolute Gasteiger partial charge is 0.213 e. The minimum Gasteiger partial charge on any atom is -0.478 e. The van der Waals surface area contributed by atoms with Gasteiger partial charge in [-0.2, -0.15) is 10.4 Å². The Morgan fingerprint density at radius 3 is 2.62 bits per heavy atom. The van der Waals surface area contributed by atoms with Crippen molar-refractivity contribution in [1.82, 2.24) is 19.7 Å². The number of aryl methyl sites for hydroxylation is 2. The molecule has 3 heterocycles. The third-order valence-corrected chi connectivity index (χ3v) is 4.26. The highest BCUT2D eigenvalue weighted by Gasteiger charge is 2.18. The first kappa shape index (κ1) is 17.4. The van der Waals surface area contributed by atoms with Gasteiger partial charge in [0.15, 0.2) is 0 Å². The molecule has 0 aromatic carbocycles. The number of nitriles is 1. The van der Waals surface area contributed by atoms with Crippen LogP contribution in [0.15, 0.2) is 24.4 Å². The van der Waals surface area contributed by atoms with Crippen molar-refractivity contribution in [2.45, 2.75) is 20.8 Å². The number of ether oxygens (including phenoxy) is 1. The average Bonchev–Trinajstić information content (AvgIpc) is 2.87. The Hall–Kier alpha value is -3.40. The van der Waals surface area contributed by atoms with E-state index in [2.05, 4.69) is 21.1 Å². The Morgan fingerprint density at radius 2 is 2.08 bits per heavy atom. The molecule has 0 saturated heterocycles. The first-order valence-corrected chi connectivity index (χ1v) is 8.26. The van der Waals surface area contributed by atoms with Gasteiger partial charge in [0.25, 0.3) is 0 Å². The van der Waals surface area contributed by atoms with Gasteiger partial charge < -0.3 is 10.5 Å². The molecule has 0 amide bonds. The fraction of sp³-hybridized carbons (Fsp3) is 0.263. The molecule has 0 saturated carbocycles. The molecular formula is C19H20N6O. The summed E-state index contributed by atoms with van der Waals surface area (Å²) in [5, 5.41) is 14.0. The van der Waals surface area contributed by atoms with Gasteiger partial charge >= 0.3 is 0 Å². The van der Waals surface area contributed by atoms with Crippen LogP contribution in [0.3, 0.4) is 0 Å². The number of aromatic nitrogens is 4. The molecule has 2 N–H and O–H groups in total. The van der Waals surface area contributed by atoms with E-state index < -0.39 is 0 Å². The Kier molecular flexibility index (Phi) is 4.59. The zero-order valence-corrected chi connectivity index (χ0v) is 15.2. The van der Waals surface area contributed by atoms with Crippen LogP contribution in [-0.4, -0.2) is 26.4 Å². The van der Waals surface area contributed by atoms with E-state index in [0.717, 1.165) is 22.5 Å². The summed E-state index contributed by atoms with van der Waals surface area (Å²) >= 11 is 0. The van der Waals surface area contributed by atoms with Gasteiger partial charge in [-0.15, -0.1) is 0 Å². The fourth-order valence-corrected chi connectivity index (χ4v) is 2.96. The number of hydrogen-bond acceptors (Lipinski definition) is 6. The number of anilines is 1. The van der Waals surface area contributed by atoms with Crippen molar-refractivity contribution in [3.05, 3.63) is 41.3 Å². The lowest BCUT2D eigenvalue weighted by Gasteiger charge is -2.11. The van der Waals surface area contributed by atoms with Crippen molar-refractivity contribution in [2.24, 2.45) is 7.05 Å². The molecule has 0 aliphatic carbocycles. The van der Waals surface area contributed by atoms with E-state index in [1.54, 1.807) is 16.9 Å². The molecule has 0 aliphatic rings. The lowest BCUT2D eigenvalue weighted by atomic mass is 9.99. The maximum atomic E-state index is 9.54. The molecule has 3 rings (SSSR count). The van der Waals surface area contributed by atoms with Crippen molar-refractivity contribution < 1.29 is 4.74 Å². The van der Waals surface area contributed by atoms with Gasteiger partial charge in [0.1, 0.15) is 17.5 Å². The summed E-state index contributed by atoms with van der Waals surface area (Å²) in [6.07, 6.45) is 1.67. The van der Waals surface area contributed by atoms with Crippen molar-refractivity contribution in [3.63, 3.8) is 0 Å². The largest absolute Gasteiger partial charge is 0.478 e. The second-order valence-electron chi connectivity index (χ2n) is 5.91. The first-order chi connectivity index (χ1) is 12.5. The SMILES string of the molecule is CCOc1ccc(-c2cc(-c3c(C)nn(C)c3C)nc(N)c2C#N)cn1. The van der Waals surface area contributed by atoms with Gasteiger partial charge in [-0.25, -0.2) is 9.97 Å². The van der Waals surface area contributed by atoms with E-state index in [0.29, 0.717) is 29.3 Å². The van der Waals surface area contributed by atoms with Crippen LogP contribution < -0.4 is 10.5 Å². The van der Waals surface area contributed by atoms with Crippen LogP contribution in [0.1, 0.15) is 23.9 Å². The highest BCUT2D eigenvalue weighted by atomic mass is 16.5. The Labute approximate surface area is 152 Å². The topological polar surface area (TPSA) is 103 Å². The quantitative estimate of drug-likeness (QED) is 0.777. The van der Waals surface area contributed by atoms with Crippen LogP contribution in [0, 0.1) is 25.2 Å². The molecule has 26 heavy (non-hydrogen) atoms. The minimum atomic E-state index is 0.191. The van der Waals surface area contributed by atoms with Gasteiger partial charge in [0.2, 0.25) is 5.88 Å². The molecule has 7 heteroatoms. The normalized spacial score (nSPS) is 10.6. The molecule has 3 aromatic heterocycles. The summed E-state index contributed by atoms with van der Waals surface area (Å²) in [5.41, 5.74) is 11.3. The predicted molar refractivity (Wildman–Crippen MR) is 99.4 cm³/mol. The standard InChI is InChI=1S/C19H20N6O/c1-5-26-17-7-6-13(10-22-17)14-8-16(23-19(21)15(14)9-20)18-11(2)24-25(4)12(18)3/h6-8,10H,5H2,1-4H3,(H2,21,23). The number of pyridine rings is 2. The minimum absolute atomic E-state index is 0.191. The van der Waals surface area contributed by atoms with Crippen LogP contribution in [0.2, 0.25) is 0 Å². The van der Waals surface area contributed by atoms with Crippen molar-refractivity contribution in [2.75, 3.05) is 12.3 Å². The van der Waals surface area contributed by atoms with Gasteiger partial charge in [-0.3, -0.25) is 4.68 Å². The molecule has 0 atom stereocenters. The molecule has 0 aliphatic heterocycles. The van der Waals surface area contributed by atoms with Crippen molar-refractivity contribution in [1.29, 1.82) is 5.26 Å². The van der Waals surface area contributed by atoms with Crippen LogP contribution in [0.5, 0.6) is 5.88 Å². The fourth-order valence-electron chi connectivity index (χ4n) is 2.96. The van der Waals surface area contributed by atoms with E-state index in [9.17, 15) is 5.26 Å². The van der Waals surface area contributed by atoms with Crippen LogP contribution in [-0.2, 0) is 7.05 Å². The molecule has 0 radical (unpaired) electrons. The average molecular weight is 348 g/mol. The number of nitrogen functional groups attached to an aromatic ring is 1. The molecule has 3 aromatic rings. The Morgan fingerprint density at radius 1 is 1.31 bits per heavy atom. The number of rotatable bonds is 4. The van der Waals surface area contributed by atoms with E-state index in [1.165, 1.54) is 0 Å². The summed E-state index contributed by atoms with van der Waals surface area (Å²) in [6, 6.07) is 7.65. The van der Waals surface area contributed by atoms with Crippen LogP contribution in [0.4, 0.5) is 5.82 Å². The molecule has 0 fully saturated rings. The van der Waals surface area contributed by atoms with Gasteiger partial charge in [-0.1, -0.05) is 0 Å². The van der Waals surface area contributed by atoms with E-state index in [1.807, 2.05) is 40.0 Å². The maximum absolute atomic E-state index is 9.54. The zero-order chi connectivity index (χ0) is 18.8. The lowest BCUT2D eigenvalue weighted by Crippen LogP contribution is -2.01. The summed E-state index contributed by atoms with van der Waals surface area (Å²) in [7, 11) is 1.89. The van der Waals surface area contributed by atoms with Crippen LogP contribution in [0.25, 0.3) is 22.4 Å². The van der Waals surface area contributed by atoms with Crippen LogP contribution >= 0.6 is 0 Å². The lowest BCUT2D eigenvalue weighted by molar-refractivity contribution is 0.327. The summed E-state index contributed by atoms with van der Waals surface area (Å²) in [6.45, 7) is 6.35. The third kappa shape index (κ3) is 2.97. The highest BCUT2D eigenvalue weighted by molar-refractivity contribution is 5.80. The molecule has 0 unspecified atom stereocenters. The number of hydrogen-bond donors (Lipinski definition) is 1. The van der Waals surface area contributed by atoms with E-state index in [4.69, 9.17) is 10.5 Å². The summed E-state index contributed by atoms with van der Waals surface area (Å²) in [5.74, 6) is 0.729. The van der Waals surface area contributed by atoms with Gasteiger partial charge in [0.05, 0.1) is 18.0 Å². The van der Waals surface area contributed by atoms with Gasteiger partial charge in [0, 0.05) is 41.7 Å². The third-order valence-electron chi connectivity index (χ3n) is 4.26. The highest BCUT2D eigenvalue weighted by Crippen LogP contribution is 2.33. The molecule has 0 bridgehead atoms. The van der Waals surface area contributed by atoms with E-state index >= 15 is 0 Å². The second-order valence-corrected chi connectivity index (χ2v) is 5.91. The molecule has 132 valence electrons. The van der Waals surface area contributed by atoms with Crippen molar-refractivity contribution >= 4 is 5.82 Å². The van der Waals surface area contributed by atoms with E-state index in [-0.39, 0.29) is 5.82 Å². The molecule has 7 nitrogen and oxygen atoms in total. The molecular weight excluding hydrogens is 328 g/mol. The summed E-state index contributed by atoms with van der Waals surface area (Å²) < 4.78 is 7.18. The monoisotopic (exact) mass is 348 g/mol. The number of nitrogens with two attached hydrogens (primary N) is 1. The molecule has 0 spiro atoms. The second kappa shape index (κ2) is 6.84. The zero-order valence-electron chi connectivity index (χ0n) is 15.2. The van der Waals surface area contributed by atoms with Gasteiger partial charge in [-0.05, 0) is 32.9 Å². The first-order valence-electron chi connectivity index (χ1n) is 8.26. The van der Waals surface area contributed by atoms with Crippen molar-refractivity contribution in [3.8, 4) is 34.3 Å². The predicted octanol–water partition coefficient (Wildman–Crippen LogP) is 3.01. The number of nitrogens with zero attached hydrogens (tertiary/aromatic N) is 5. The summed E-state index contributed by atoms with van der Waals surface area (Å²) in [4.78, 5) is 8.72. The Balaban J connectivity index is 2.18. The maximum Gasteiger partial charge on any atom is 0.213 e.